The summed E-state index contributed by atoms with van der Waals surface area (Å²) < 4.78 is 0. The van der Waals surface area contributed by atoms with Crippen molar-refractivity contribution in [1.82, 2.24) is 0 Å². The molecule has 0 radical (unpaired) electrons. The molecule has 6 heteroatoms. The van der Waals surface area contributed by atoms with Gasteiger partial charge in [0.15, 0.2) is 0 Å². The highest BCUT2D eigenvalue weighted by molar-refractivity contribution is 6.64. The molecule has 4 N–H and O–H groups in total. The monoisotopic (exact) mass is 314 g/mol. The molecule has 0 aliphatic rings. The van der Waals surface area contributed by atoms with Crippen LogP contribution in [0.3, 0.4) is 0 Å². The van der Waals surface area contributed by atoms with E-state index in [1.54, 1.807) is 0 Å². The lowest BCUT2D eigenvalue weighted by Crippen LogP contribution is -2.33. The van der Waals surface area contributed by atoms with Crippen molar-refractivity contribution in [2.75, 3.05) is 0 Å². The average molecular weight is 314 g/mol. The van der Waals surface area contributed by atoms with Crippen LogP contribution in [0.2, 0.25) is 5.72 Å². The fraction of sp³-hybridized carbons (Fsp3) is 1.00. The summed E-state index contributed by atoms with van der Waals surface area (Å²) in [5, 5.41) is 36.0. The third kappa shape index (κ3) is 13.6. The first-order valence-corrected chi connectivity index (χ1v) is 9.31. The van der Waals surface area contributed by atoms with Gasteiger partial charge in [0, 0.05) is 5.72 Å². The van der Waals surface area contributed by atoms with Crippen LogP contribution in [-0.2, 0) is 0 Å². The van der Waals surface area contributed by atoms with Crippen LogP contribution in [0.25, 0.3) is 0 Å². The van der Waals surface area contributed by atoms with E-state index < -0.39 is 20.0 Å². The molecule has 0 aromatic rings. The molecule has 0 aromatic heterocycles. The molecule has 22 heavy (non-hydrogen) atoms. The van der Waals surface area contributed by atoms with E-state index in [-0.39, 0.29) is 0 Å². The average Bonchev–Trinajstić information content (AvgIpc) is 2.46. The number of hydrogen-bond acceptors (Lipinski definition) is 4. The van der Waals surface area contributed by atoms with E-state index in [4.69, 9.17) is 20.1 Å². The summed E-state index contributed by atoms with van der Waals surface area (Å²) in [6.45, 7) is 2.25. The second-order valence-corrected chi connectivity index (χ2v) is 6.52. The topological polar surface area (TPSA) is 80.9 Å². The van der Waals surface area contributed by atoms with E-state index in [9.17, 15) is 0 Å². The van der Waals surface area contributed by atoms with Crippen molar-refractivity contribution >= 4 is 14.2 Å². The molecule has 0 fully saturated rings. The minimum atomic E-state index is -1.64. The molecule has 130 valence electrons. The SMILES string of the molecule is CCCCCCCCCCCCCCCC(B(O)O)B(O)O. The highest BCUT2D eigenvalue weighted by Crippen LogP contribution is 2.19. The van der Waals surface area contributed by atoms with E-state index in [1.165, 1.54) is 64.2 Å². The van der Waals surface area contributed by atoms with Crippen molar-refractivity contribution in [1.29, 1.82) is 0 Å². The highest BCUT2D eigenvalue weighted by atomic mass is 16.4. The Morgan fingerprint density at radius 2 is 0.864 bits per heavy atom. The van der Waals surface area contributed by atoms with Gasteiger partial charge in [-0.3, -0.25) is 0 Å². The van der Waals surface area contributed by atoms with Crippen LogP contribution in [0, 0.1) is 0 Å². The molecule has 0 atom stereocenters. The van der Waals surface area contributed by atoms with Gasteiger partial charge >= 0.3 is 14.2 Å². The first kappa shape index (κ1) is 22.0. The van der Waals surface area contributed by atoms with E-state index in [1.807, 2.05) is 0 Å². The van der Waals surface area contributed by atoms with Crippen LogP contribution >= 0.6 is 0 Å². The lowest BCUT2D eigenvalue weighted by Gasteiger charge is -2.13. The minimum absolute atomic E-state index is 0.451. The number of unbranched alkanes of at least 4 members (excludes halogenated alkanes) is 12. The van der Waals surface area contributed by atoms with Crippen LogP contribution in [0.15, 0.2) is 0 Å². The Balaban J connectivity index is 3.23. The second-order valence-electron chi connectivity index (χ2n) is 6.52. The Hall–Kier alpha value is -0.0301. The lowest BCUT2D eigenvalue weighted by atomic mass is 9.51. The van der Waals surface area contributed by atoms with Gasteiger partial charge in [-0.2, -0.15) is 0 Å². The van der Waals surface area contributed by atoms with Gasteiger partial charge in [0.05, 0.1) is 0 Å². The standard InChI is InChI=1S/C16H36B2O4/c1-2-3-4-5-6-7-8-9-10-11-12-13-14-15-16(17(19)20)18(21)22/h16,19-22H,2-15H2,1H3. The molecular formula is C16H36B2O4. The number of rotatable bonds is 16. The van der Waals surface area contributed by atoms with Gasteiger partial charge < -0.3 is 20.1 Å². The zero-order valence-corrected chi connectivity index (χ0v) is 14.4. The van der Waals surface area contributed by atoms with Gasteiger partial charge in [-0.25, -0.2) is 0 Å². The normalized spacial score (nSPS) is 11.2. The first-order chi connectivity index (χ1) is 10.6. The largest absolute Gasteiger partial charge is 0.452 e. The van der Waals surface area contributed by atoms with Crippen molar-refractivity contribution in [2.45, 2.75) is 103 Å². The molecule has 0 bridgehead atoms. The Bertz CT molecular complexity index is 220. The van der Waals surface area contributed by atoms with E-state index in [2.05, 4.69) is 6.92 Å². The van der Waals surface area contributed by atoms with E-state index >= 15 is 0 Å². The molecule has 0 amide bonds. The smallest absolute Gasteiger partial charge is 0.427 e. The van der Waals surface area contributed by atoms with E-state index in [0.29, 0.717) is 6.42 Å². The van der Waals surface area contributed by atoms with Crippen molar-refractivity contribution in [3.05, 3.63) is 0 Å². The molecular weight excluding hydrogens is 278 g/mol. The summed E-state index contributed by atoms with van der Waals surface area (Å²) in [5.74, 6) is 0. The molecule has 0 aliphatic heterocycles. The Morgan fingerprint density at radius 3 is 1.18 bits per heavy atom. The maximum atomic E-state index is 9.01. The predicted octanol–water partition coefficient (Wildman–Crippen LogP) is 3.32. The second kappa shape index (κ2) is 15.8. The van der Waals surface area contributed by atoms with Gasteiger partial charge in [-0.1, -0.05) is 96.8 Å². The summed E-state index contributed by atoms with van der Waals surface area (Å²) in [6, 6.07) is 0. The van der Waals surface area contributed by atoms with Crippen molar-refractivity contribution < 1.29 is 20.1 Å². The number of hydrogen-bond donors (Lipinski definition) is 4. The predicted molar refractivity (Wildman–Crippen MR) is 94.4 cm³/mol. The maximum absolute atomic E-state index is 9.01. The van der Waals surface area contributed by atoms with Gasteiger partial charge in [0.1, 0.15) is 0 Å². The summed E-state index contributed by atoms with van der Waals surface area (Å²) in [7, 11) is -3.28. The minimum Gasteiger partial charge on any atom is -0.427 e. The molecule has 0 unspecified atom stereocenters. The van der Waals surface area contributed by atoms with Gasteiger partial charge in [0.25, 0.3) is 0 Å². The summed E-state index contributed by atoms with van der Waals surface area (Å²) in [4.78, 5) is 0. The fourth-order valence-electron chi connectivity index (χ4n) is 2.85. The van der Waals surface area contributed by atoms with Crippen LogP contribution in [0.5, 0.6) is 0 Å². The zero-order chi connectivity index (χ0) is 16.6. The van der Waals surface area contributed by atoms with Gasteiger partial charge in [-0.05, 0) is 0 Å². The van der Waals surface area contributed by atoms with Crippen molar-refractivity contribution in [3.8, 4) is 0 Å². The molecule has 0 spiro atoms. The van der Waals surface area contributed by atoms with Crippen molar-refractivity contribution in [2.24, 2.45) is 0 Å². The molecule has 0 saturated heterocycles. The van der Waals surface area contributed by atoms with Crippen molar-refractivity contribution in [3.63, 3.8) is 0 Å². The maximum Gasteiger partial charge on any atom is 0.452 e. The third-order valence-electron chi connectivity index (χ3n) is 4.41. The molecule has 0 saturated carbocycles. The molecule has 4 nitrogen and oxygen atoms in total. The highest BCUT2D eigenvalue weighted by Gasteiger charge is 2.33. The lowest BCUT2D eigenvalue weighted by molar-refractivity contribution is 0.351. The zero-order valence-electron chi connectivity index (χ0n) is 14.4. The molecule has 0 heterocycles. The van der Waals surface area contributed by atoms with E-state index in [0.717, 1.165) is 19.3 Å². The fourth-order valence-corrected chi connectivity index (χ4v) is 2.85. The Labute approximate surface area is 137 Å². The third-order valence-corrected chi connectivity index (χ3v) is 4.41. The van der Waals surface area contributed by atoms with Gasteiger partial charge in [-0.15, -0.1) is 0 Å². The Morgan fingerprint density at radius 1 is 0.545 bits per heavy atom. The summed E-state index contributed by atoms with van der Waals surface area (Å²) in [5.41, 5.74) is -0.840. The van der Waals surface area contributed by atoms with Crippen LogP contribution < -0.4 is 0 Å². The molecule has 0 rings (SSSR count). The summed E-state index contributed by atoms with van der Waals surface area (Å²) in [6.07, 6.45) is 16.8. The first-order valence-electron chi connectivity index (χ1n) is 9.31. The van der Waals surface area contributed by atoms with Crippen LogP contribution in [-0.4, -0.2) is 34.3 Å². The molecule has 0 aromatic carbocycles. The quantitative estimate of drug-likeness (QED) is 0.260. The van der Waals surface area contributed by atoms with Crippen LogP contribution in [0.4, 0.5) is 0 Å². The van der Waals surface area contributed by atoms with Gasteiger partial charge in [0.2, 0.25) is 0 Å². The summed E-state index contributed by atoms with van der Waals surface area (Å²) >= 11 is 0. The molecule has 0 aliphatic carbocycles. The Kier molecular flexibility index (Phi) is 15.8. The van der Waals surface area contributed by atoms with Crippen LogP contribution in [0.1, 0.15) is 96.8 Å².